The van der Waals surface area contributed by atoms with Gasteiger partial charge in [0.25, 0.3) is 0 Å². The van der Waals surface area contributed by atoms with Gasteiger partial charge in [0, 0.05) is 18.1 Å². The van der Waals surface area contributed by atoms with Crippen LogP contribution < -0.4 is 10.6 Å². The Hall–Kier alpha value is -2.88. The summed E-state index contributed by atoms with van der Waals surface area (Å²) in [5, 5.41) is 8.03. The van der Waals surface area contributed by atoms with Crippen molar-refractivity contribution < 1.29 is 4.79 Å². The number of fused-ring (bicyclic) bond motifs is 1. The van der Waals surface area contributed by atoms with E-state index in [9.17, 15) is 4.79 Å². The van der Waals surface area contributed by atoms with E-state index in [4.69, 9.17) is 0 Å². The van der Waals surface area contributed by atoms with Crippen molar-refractivity contribution in [2.75, 3.05) is 5.32 Å². The van der Waals surface area contributed by atoms with Crippen molar-refractivity contribution in [2.24, 2.45) is 0 Å². The standard InChI is InChI=1S/C18H17N3O/c1-13(14-8-10-19-11-9-14)20-18(22)21-17-7-6-15-4-2-3-5-16(15)12-17/h2-13H,1H3,(H2,20,21,22). The number of aromatic nitrogens is 1. The molecule has 2 amide bonds. The Bertz CT molecular complexity index is 786. The molecule has 110 valence electrons. The first-order chi connectivity index (χ1) is 10.7. The van der Waals surface area contributed by atoms with Gasteiger partial charge in [0.05, 0.1) is 6.04 Å². The Morgan fingerprint density at radius 3 is 2.50 bits per heavy atom. The molecule has 4 heteroatoms. The molecule has 2 aromatic carbocycles. The predicted molar refractivity (Wildman–Crippen MR) is 88.8 cm³/mol. The second kappa shape index (κ2) is 6.26. The predicted octanol–water partition coefficient (Wildman–Crippen LogP) is 4.12. The number of benzene rings is 2. The highest BCUT2D eigenvalue weighted by Gasteiger charge is 2.09. The molecule has 1 atom stereocenters. The molecule has 3 aromatic rings. The fourth-order valence-corrected chi connectivity index (χ4v) is 2.37. The number of nitrogens with zero attached hydrogens (tertiary/aromatic N) is 1. The van der Waals surface area contributed by atoms with E-state index in [0.717, 1.165) is 22.0 Å². The van der Waals surface area contributed by atoms with Crippen LogP contribution in [0.2, 0.25) is 0 Å². The molecule has 0 saturated heterocycles. The summed E-state index contributed by atoms with van der Waals surface area (Å²) < 4.78 is 0. The summed E-state index contributed by atoms with van der Waals surface area (Å²) in [5.74, 6) is 0. The number of hydrogen-bond acceptors (Lipinski definition) is 2. The van der Waals surface area contributed by atoms with Crippen LogP contribution in [0.25, 0.3) is 10.8 Å². The summed E-state index contributed by atoms with van der Waals surface area (Å²) in [6.45, 7) is 1.94. The van der Waals surface area contributed by atoms with E-state index >= 15 is 0 Å². The van der Waals surface area contributed by atoms with Crippen LogP contribution in [0.4, 0.5) is 10.5 Å². The molecule has 0 aliphatic carbocycles. The van der Waals surface area contributed by atoms with Gasteiger partial charge in [-0.3, -0.25) is 4.98 Å². The summed E-state index contributed by atoms with van der Waals surface area (Å²) in [5.41, 5.74) is 1.79. The zero-order chi connectivity index (χ0) is 15.4. The lowest BCUT2D eigenvalue weighted by molar-refractivity contribution is 0.249. The third-order valence-electron chi connectivity index (χ3n) is 3.56. The summed E-state index contributed by atoms with van der Waals surface area (Å²) >= 11 is 0. The summed E-state index contributed by atoms with van der Waals surface area (Å²) in [4.78, 5) is 16.1. The van der Waals surface area contributed by atoms with E-state index in [0.29, 0.717) is 0 Å². The second-order valence-electron chi connectivity index (χ2n) is 5.16. The zero-order valence-corrected chi connectivity index (χ0v) is 12.3. The lowest BCUT2D eigenvalue weighted by Crippen LogP contribution is -2.31. The summed E-state index contributed by atoms with van der Waals surface area (Å²) in [6, 6.07) is 17.4. The number of carbonyl (C=O) groups is 1. The number of amides is 2. The maximum Gasteiger partial charge on any atom is 0.319 e. The molecule has 0 aliphatic rings. The van der Waals surface area contributed by atoms with Gasteiger partial charge in [0.15, 0.2) is 0 Å². The van der Waals surface area contributed by atoms with Crippen molar-refractivity contribution in [1.82, 2.24) is 10.3 Å². The molecule has 4 nitrogen and oxygen atoms in total. The van der Waals surface area contributed by atoms with Crippen molar-refractivity contribution >= 4 is 22.5 Å². The van der Waals surface area contributed by atoms with E-state index in [1.54, 1.807) is 12.4 Å². The summed E-state index contributed by atoms with van der Waals surface area (Å²) in [7, 11) is 0. The van der Waals surface area contributed by atoms with Crippen LogP contribution in [0, 0.1) is 0 Å². The van der Waals surface area contributed by atoms with Gasteiger partial charge in [0.2, 0.25) is 0 Å². The molecular formula is C18H17N3O. The number of urea groups is 1. The van der Waals surface area contributed by atoms with Crippen molar-refractivity contribution in [3.8, 4) is 0 Å². The smallest absolute Gasteiger partial charge is 0.319 e. The molecule has 22 heavy (non-hydrogen) atoms. The largest absolute Gasteiger partial charge is 0.331 e. The average molecular weight is 291 g/mol. The number of rotatable bonds is 3. The topological polar surface area (TPSA) is 54.0 Å². The number of hydrogen-bond donors (Lipinski definition) is 2. The van der Waals surface area contributed by atoms with E-state index in [2.05, 4.69) is 15.6 Å². The Morgan fingerprint density at radius 2 is 1.73 bits per heavy atom. The van der Waals surface area contributed by atoms with Crippen molar-refractivity contribution in [3.63, 3.8) is 0 Å². The van der Waals surface area contributed by atoms with Gasteiger partial charge in [-0.25, -0.2) is 4.79 Å². The molecular weight excluding hydrogens is 274 g/mol. The lowest BCUT2D eigenvalue weighted by Gasteiger charge is -2.15. The third-order valence-corrected chi connectivity index (χ3v) is 3.56. The van der Waals surface area contributed by atoms with Gasteiger partial charge < -0.3 is 10.6 Å². The minimum atomic E-state index is -0.223. The number of carbonyl (C=O) groups excluding carboxylic acids is 1. The van der Waals surface area contributed by atoms with Crippen molar-refractivity contribution in [2.45, 2.75) is 13.0 Å². The third kappa shape index (κ3) is 3.23. The van der Waals surface area contributed by atoms with Crippen molar-refractivity contribution in [3.05, 3.63) is 72.6 Å². The molecule has 1 unspecified atom stereocenters. The van der Waals surface area contributed by atoms with Crippen LogP contribution in [0.5, 0.6) is 0 Å². The van der Waals surface area contributed by atoms with Gasteiger partial charge in [-0.15, -0.1) is 0 Å². The minimum absolute atomic E-state index is 0.0801. The molecule has 0 spiro atoms. The second-order valence-corrected chi connectivity index (χ2v) is 5.16. The maximum atomic E-state index is 12.1. The summed E-state index contributed by atoms with van der Waals surface area (Å²) in [6.07, 6.45) is 3.43. The molecule has 0 saturated carbocycles. The molecule has 0 radical (unpaired) electrons. The fraction of sp³-hybridized carbons (Fsp3) is 0.111. The minimum Gasteiger partial charge on any atom is -0.331 e. The van der Waals surface area contributed by atoms with E-state index < -0.39 is 0 Å². The van der Waals surface area contributed by atoms with Crippen LogP contribution in [0.3, 0.4) is 0 Å². The molecule has 1 heterocycles. The number of anilines is 1. The number of nitrogens with one attached hydrogen (secondary N) is 2. The quantitative estimate of drug-likeness (QED) is 0.762. The van der Waals surface area contributed by atoms with E-state index in [1.165, 1.54) is 0 Å². The fourth-order valence-electron chi connectivity index (χ4n) is 2.37. The lowest BCUT2D eigenvalue weighted by atomic mass is 10.1. The highest BCUT2D eigenvalue weighted by Crippen LogP contribution is 2.19. The Balaban J connectivity index is 1.68. The maximum absolute atomic E-state index is 12.1. The number of pyridine rings is 1. The Labute approximate surface area is 129 Å². The van der Waals surface area contributed by atoms with Gasteiger partial charge in [-0.1, -0.05) is 30.3 Å². The highest BCUT2D eigenvalue weighted by atomic mass is 16.2. The molecule has 0 aliphatic heterocycles. The molecule has 1 aromatic heterocycles. The van der Waals surface area contributed by atoms with E-state index in [1.807, 2.05) is 61.5 Å². The van der Waals surface area contributed by atoms with Gasteiger partial charge in [0.1, 0.15) is 0 Å². The first kappa shape index (κ1) is 14.1. The van der Waals surface area contributed by atoms with Crippen LogP contribution in [0.15, 0.2) is 67.0 Å². The zero-order valence-electron chi connectivity index (χ0n) is 12.3. The van der Waals surface area contributed by atoms with Gasteiger partial charge in [-0.05, 0) is 47.5 Å². The van der Waals surface area contributed by atoms with Crippen LogP contribution in [-0.2, 0) is 0 Å². The van der Waals surface area contributed by atoms with Gasteiger partial charge >= 0.3 is 6.03 Å². The van der Waals surface area contributed by atoms with Crippen molar-refractivity contribution in [1.29, 1.82) is 0 Å². The van der Waals surface area contributed by atoms with Crippen LogP contribution >= 0.6 is 0 Å². The first-order valence-corrected chi connectivity index (χ1v) is 7.18. The Kier molecular flexibility index (Phi) is 4.01. The monoisotopic (exact) mass is 291 g/mol. The molecule has 0 bridgehead atoms. The average Bonchev–Trinajstić information content (AvgIpc) is 2.55. The molecule has 3 rings (SSSR count). The van der Waals surface area contributed by atoms with Gasteiger partial charge in [-0.2, -0.15) is 0 Å². The normalized spacial score (nSPS) is 11.9. The van der Waals surface area contributed by atoms with E-state index in [-0.39, 0.29) is 12.1 Å². The van der Waals surface area contributed by atoms with Crippen LogP contribution in [-0.4, -0.2) is 11.0 Å². The molecule has 0 fully saturated rings. The SMILES string of the molecule is CC(NC(=O)Nc1ccc2ccccc2c1)c1ccncc1. The molecule has 2 N–H and O–H groups in total. The van der Waals surface area contributed by atoms with Crippen LogP contribution in [0.1, 0.15) is 18.5 Å². The first-order valence-electron chi connectivity index (χ1n) is 7.18. The highest BCUT2D eigenvalue weighted by molar-refractivity contribution is 5.93. The Morgan fingerprint density at radius 1 is 1.00 bits per heavy atom.